The maximum absolute atomic E-state index is 11.4. The molecule has 3 aromatic rings. The predicted molar refractivity (Wildman–Crippen MR) is 66.9 cm³/mol. The molecule has 84 valence electrons. The third-order valence-corrected chi connectivity index (χ3v) is 2.65. The van der Waals surface area contributed by atoms with Gasteiger partial charge in [-0.15, -0.1) is 0 Å². The Labute approximate surface area is 97.3 Å². The summed E-state index contributed by atoms with van der Waals surface area (Å²) in [5.74, 6) is 0.575. The van der Waals surface area contributed by atoms with Crippen LogP contribution in [0, 0.1) is 6.92 Å². The average molecular weight is 225 g/mol. The Hall–Kier alpha value is -2.36. The molecule has 0 amide bonds. The molecule has 0 spiro atoms. The lowest BCUT2D eigenvalue weighted by atomic mass is 10.2. The molecule has 17 heavy (non-hydrogen) atoms. The van der Waals surface area contributed by atoms with E-state index in [-0.39, 0.29) is 5.56 Å². The number of aryl methyl sites for hydroxylation is 1. The van der Waals surface area contributed by atoms with E-state index in [1.165, 1.54) is 6.07 Å². The summed E-state index contributed by atoms with van der Waals surface area (Å²) in [6, 6.07) is 11.4. The van der Waals surface area contributed by atoms with Gasteiger partial charge < -0.3 is 9.97 Å². The molecule has 0 aliphatic heterocycles. The second-order valence-corrected chi connectivity index (χ2v) is 4.01. The zero-order valence-electron chi connectivity index (χ0n) is 9.32. The molecule has 0 saturated heterocycles. The Morgan fingerprint density at radius 1 is 1.12 bits per heavy atom. The largest absolute Gasteiger partial charge is 0.352 e. The van der Waals surface area contributed by atoms with Gasteiger partial charge in [0.1, 0.15) is 0 Å². The quantitative estimate of drug-likeness (QED) is 0.667. The molecular weight excluding hydrogens is 214 g/mol. The summed E-state index contributed by atoms with van der Waals surface area (Å²) in [6.07, 6.45) is 0. The maximum Gasteiger partial charge on any atom is 0.251 e. The lowest BCUT2D eigenvalue weighted by molar-refractivity contribution is 1.06. The number of para-hydroxylation sites is 1. The molecule has 1 aromatic carbocycles. The van der Waals surface area contributed by atoms with Gasteiger partial charge in [-0.1, -0.05) is 18.2 Å². The van der Waals surface area contributed by atoms with Crippen LogP contribution in [-0.4, -0.2) is 15.0 Å². The molecule has 0 aliphatic carbocycles. The standard InChI is InChI=1S/C13H11N3O/c1-8-6-12(17)16-13(14-8)11-7-9-4-2-3-5-10(9)15-11/h2-7,15H,1H3,(H,14,16,17). The fourth-order valence-corrected chi connectivity index (χ4v) is 1.91. The van der Waals surface area contributed by atoms with E-state index in [4.69, 9.17) is 0 Å². The van der Waals surface area contributed by atoms with E-state index in [1.807, 2.05) is 30.3 Å². The first-order valence-corrected chi connectivity index (χ1v) is 5.38. The van der Waals surface area contributed by atoms with Crippen LogP contribution >= 0.6 is 0 Å². The lowest BCUT2D eigenvalue weighted by Gasteiger charge is -1.97. The van der Waals surface area contributed by atoms with Gasteiger partial charge in [0.05, 0.1) is 5.69 Å². The smallest absolute Gasteiger partial charge is 0.251 e. The topological polar surface area (TPSA) is 61.5 Å². The number of aromatic nitrogens is 3. The van der Waals surface area contributed by atoms with E-state index in [2.05, 4.69) is 15.0 Å². The fourth-order valence-electron chi connectivity index (χ4n) is 1.91. The van der Waals surface area contributed by atoms with Gasteiger partial charge >= 0.3 is 0 Å². The SMILES string of the molecule is Cc1cc(=O)[nH]c(-c2cc3ccccc3[nH]2)n1. The van der Waals surface area contributed by atoms with Gasteiger partial charge in [-0.2, -0.15) is 0 Å². The number of rotatable bonds is 1. The highest BCUT2D eigenvalue weighted by molar-refractivity contribution is 5.84. The molecular formula is C13H11N3O. The van der Waals surface area contributed by atoms with Crippen LogP contribution in [0.4, 0.5) is 0 Å². The van der Waals surface area contributed by atoms with Crippen LogP contribution in [-0.2, 0) is 0 Å². The molecule has 3 rings (SSSR count). The summed E-state index contributed by atoms with van der Waals surface area (Å²) in [4.78, 5) is 21.7. The van der Waals surface area contributed by atoms with Gasteiger partial charge in [-0.25, -0.2) is 4.98 Å². The van der Waals surface area contributed by atoms with Crippen molar-refractivity contribution in [2.45, 2.75) is 6.92 Å². The molecule has 2 N–H and O–H groups in total. The van der Waals surface area contributed by atoms with Crippen molar-refractivity contribution in [3.05, 3.63) is 52.4 Å². The van der Waals surface area contributed by atoms with E-state index in [1.54, 1.807) is 6.92 Å². The van der Waals surface area contributed by atoms with E-state index >= 15 is 0 Å². The second kappa shape index (κ2) is 3.59. The zero-order valence-corrected chi connectivity index (χ0v) is 9.32. The molecule has 0 bridgehead atoms. The van der Waals surface area contributed by atoms with Crippen LogP contribution in [0.3, 0.4) is 0 Å². The van der Waals surface area contributed by atoms with E-state index < -0.39 is 0 Å². The maximum atomic E-state index is 11.4. The molecule has 0 radical (unpaired) electrons. The highest BCUT2D eigenvalue weighted by Crippen LogP contribution is 2.20. The molecule has 4 nitrogen and oxygen atoms in total. The summed E-state index contributed by atoms with van der Waals surface area (Å²) in [6.45, 7) is 1.81. The minimum atomic E-state index is -0.133. The number of benzene rings is 1. The van der Waals surface area contributed by atoms with Crippen molar-refractivity contribution < 1.29 is 0 Å². The summed E-state index contributed by atoms with van der Waals surface area (Å²) in [5.41, 5.74) is 2.44. The van der Waals surface area contributed by atoms with Crippen molar-refractivity contribution in [3.63, 3.8) is 0 Å². The number of aromatic amines is 2. The minimum Gasteiger partial charge on any atom is -0.352 e. The van der Waals surface area contributed by atoms with Gasteiger partial charge in [-0.05, 0) is 19.1 Å². The Morgan fingerprint density at radius 2 is 1.94 bits per heavy atom. The lowest BCUT2D eigenvalue weighted by Crippen LogP contribution is -2.08. The molecule has 0 aliphatic rings. The molecule has 0 saturated carbocycles. The molecule has 4 heteroatoms. The van der Waals surface area contributed by atoms with Crippen molar-refractivity contribution >= 4 is 10.9 Å². The number of H-pyrrole nitrogens is 2. The monoisotopic (exact) mass is 225 g/mol. The van der Waals surface area contributed by atoms with Crippen LogP contribution < -0.4 is 5.56 Å². The van der Waals surface area contributed by atoms with Gasteiger partial charge in [0.15, 0.2) is 5.82 Å². The van der Waals surface area contributed by atoms with E-state index in [0.717, 1.165) is 16.6 Å². The van der Waals surface area contributed by atoms with Crippen LogP contribution in [0.1, 0.15) is 5.69 Å². The minimum absolute atomic E-state index is 0.133. The Morgan fingerprint density at radius 3 is 2.71 bits per heavy atom. The predicted octanol–water partition coefficient (Wildman–Crippen LogP) is 2.23. The van der Waals surface area contributed by atoms with Gasteiger partial charge in [0.25, 0.3) is 5.56 Å². The first-order valence-electron chi connectivity index (χ1n) is 5.38. The summed E-state index contributed by atoms with van der Waals surface area (Å²) in [7, 11) is 0. The van der Waals surface area contributed by atoms with Gasteiger partial charge in [0.2, 0.25) is 0 Å². The molecule has 2 heterocycles. The molecule has 2 aromatic heterocycles. The summed E-state index contributed by atoms with van der Waals surface area (Å²) in [5, 5.41) is 1.10. The number of fused-ring (bicyclic) bond motifs is 1. The molecule has 0 unspecified atom stereocenters. The van der Waals surface area contributed by atoms with Crippen molar-refractivity contribution in [1.82, 2.24) is 15.0 Å². The van der Waals surface area contributed by atoms with Crippen molar-refractivity contribution in [1.29, 1.82) is 0 Å². The van der Waals surface area contributed by atoms with Gasteiger partial charge in [0, 0.05) is 22.7 Å². The van der Waals surface area contributed by atoms with Crippen LogP contribution in [0.15, 0.2) is 41.2 Å². The first-order chi connectivity index (χ1) is 8.22. The molecule has 0 atom stereocenters. The van der Waals surface area contributed by atoms with Crippen molar-refractivity contribution in [3.8, 4) is 11.5 Å². The number of nitrogens with one attached hydrogen (secondary N) is 2. The average Bonchev–Trinajstić information content (AvgIpc) is 2.71. The van der Waals surface area contributed by atoms with Crippen molar-refractivity contribution in [2.24, 2.45) is 0 Å². The van der Waals surface area contributed by atoms with E-state index in [9.17, 15) is 4.79 Å². The summed E-state index contributed by atoms with van der Waals surface area (Å²) >= 11 is 0. The van der Waals surface area contributed by atoms with Crippen LogP contribution in [0.25, 0.3) is 22.4 Å². The Kier molecular flexibility index (Phi) is 2.08. The first kappa shape index (κ1) is 9.84. The van der Waals surface area contributed by atoms with E-state index in [0.29, 0.717) is 11.5 Å². The second-order valence-electron chi connectivity index (χ2n) is 4.01. The number of nitrogens with zero attached hydrogens (tertiary/aromatic N) is 1. The Bertz CT molecular complexity index is 707. The van der Waals surface area contributed by atoms with Gasteiger partial charge in [-0.3, -0.25) is 4.79 Å². The molecule has 0 fully saturated rings. The Balaban J connectivity index is 2.23. The third kappa shape index (κ3) is 1.73. The highest BCUT2D eigenvalue weighted by Gasteiger charge is 2.05. The normalized spacial score (nSPS) is 10.9. The number of hydrogen-bond donors (Lipinski definition) is 2. The summed E-state index contributed by atoms with van der Waals surface area (Å²) < 4.78 is 0. The zero-order chi connectivity index (χ0) is 11.8. The van der Waals surface area contributed by atoms with Crippen molar-refractivity contribution in [2.75, 3.05) is 0 Å². The van der Waals surface area contributed by atoms with Crippen LogP contribution in [0.5, 0.6) is 0 Å². The number of hydrogen-bond acceptors (Lipinski definition) is 2. The third-order valence-electron chi connectivity index (χ3n) is 2.65. The van der Waals surface area contributed by atoms with Crippen LogP contribution in [0.2, 0.25) is 0 Å². The fraction of sp³-hybridized carbons (Fsp3) is 0.0769. The highest BCUT2D eigenvalue weighted by atomic mass is 16.1.